The first-order chi connectivity index (χ1) is 10.3. The molecule has 0 spiro atoms. The number of hydrogen-bond acceptors (Lipinski definition) is 5. The van der Waals surface area contributed by atoms with Gasteiger partial charge in [-0.15, -0.1) is 0 Å². The molecule has 6 heteroatoms. The van der Waals surface area contributed by atoms with Crippen LogP contribution in [0.25, 0.3) is 0 Å². The molecule has 0 aliphatic carbocycles. The first kappa shape index (κ1) is 18.0. The molecule has 0 unspecified atom stereocenters. The highest BCUT2D eigenvalue weighted by Crippen LogP contribution is 2.08. The van der Waals surface area contributed by atoms with Gasteiger partial charge in [0.25, 0.3) is 0 Å². The summed E-state index contributed by atoms with van der Waals surface area (Å²) >= 11 is 0. The molecule has 0 saturated carbocycles. The van der Waals surface area contributed by atoms with Gasteiger partial charge in [-0.2, -0.15) is 0 Å². The molecule has 1 amide bonds. The topological polar surface area (TPSA) is 76.7 Å². The van der Waals surface area contributed by atoms with Gasteiger partial charge in [-0.25, -0.2) is 9.59 Å². The monoisotopic (exact) mass is 308 g/mol. The average molecular weight is 308 g/mol. The lowest BCUT2D eigenvalue weighted by atomic mass is 10.2. The summed E-state index contributed by atoms with van der Waals surface area (Å²) in [6, 6.07) is 8.52. The lowest BCUT2D eigenvalue weighted by Crippen LogP contribution is -2.49. The zero-order valence-corrected chi connectivity index (χ0v) is 13.5. The molecule has 6 nitrogen and oxygen atoms in total. The van der Waals surface area contributed by atoms with E-state index in [2.05, 4.69) is 10.6 Å². The maximum atomic E-state index is 12.0. The summed E-state index contributed by atoms with van der Waals surface area (Å²) in [6.07, 6.45) is -0.657. The number of benzene rings is 1. The molecule has 22 heavy (non-hydrogen) atoms. The summed E-state index contributed by atoms with van der Waals surface area (Å²) in [7, 11) is 1.69. The fourth-order valence-electron chi connectivity index (χ4n) is 1.68. The first-order valence-electron chi connectivity index (χ1n) is 7.16. The number of carbonyl (C=O) groups excluding carboxylic acids is 2. The van der Waals surface area contributed by atoms with Crippen LogP contribution in [0.4, 0.5) is 4.79 Å². The van der Waals surface area contributed by atoms with Gasteiger partial charge >= 0.3 is 12.1 Å². The Labute approximate surface area is 131 Å². The maximum Gasteiger partial charge on any atom is 0.408 e. The van der Waals surface area contributed by atoms with E-state index < -0.39 is 23.7 Å². The van der Waals surface area contributed by atoms with Gasteiger partial charge in [-0.3, -0.25) is 0 Å². The molecule has 1 rings (SSSR count). The second-order valence-electron chi connectivity index (χ2n) is 5.85. The quantitative estimate of drug-likeness (QED) is 0.784. The average Bonchev–Trinajstić information content (AvgIpc) is 2.44. The number of alkyl carbamates (subject to hydrolysis) is 1. The molecule has 0 heterocycles. The van der Waals surface area contributed by atoms with Gasteiger partial charge in [-0.1, -0.05) is 30.3 Å². The lowest BCUT2D eigenvalue weighted by molar-refractivity contribution is -0.157. The molecule has 122 valence electrons. The van der Waals surface area contributed by atoms with Gasteiger partial charge in [-0.05, 0) is 33.4 Å². The molecule has 0 aromatic heterocycles. The molecule has 0 fully saturated rings. The van der Waals surface area contributed by atoms with Crippen molar-refractivity contribution < 1.29 is 19.1 Å². The number of carbonyl (C=O) groups is 2. The molecule has 0 aliphatic heterocycles. The van der Waals surface area contributed by atoms with Crippen molar-refractivity contribution in [3.05, 3.63) is 35.9 Å². The van der Waals surface area contributed by atoms with Crippen LogP contribution >= 0.6 is 0 Å². The van der Waals surface area contributed by atoms with Crippen molar-refractivity contribution in [3.63, 3.8) is 0 Å². The van der Waals surface area contributed by atoms with Crippen LogP contribution < -0.4 is 10.6 Å². The van der Waals surface area contributed by atoms with Crippen LogP contribution in [0.1, 0.15) is 26.3 Å². The van der Waals surface area contributed by atoms with Gasteiger partial charge in [0.2, 0.25) is 0 Å². The predicted octanol–water partition coefficient (Wildman–Crippen LogP) is 1.84. The highest BCUT2D eigenvalue weighted by molar-refractivity contribution is 5.81. The van der Waals surface area contributed by atoms with E-state index in [1.807, 2.05) is 30.3 Å². The Balaban J connectivity index is 2.51. The normalized spacial score (nSPS) is 12.4. The highest BCUT2D eigenvalue weighted by Gasteiger charge is 2.26. The molecular weight excluding hydrogens is 284 g/mol. The maximum absolute atomic E-state index is 12.0. The van der Waals surface area contributed by atoms with Gasteiger partial charge in [0.15, 0.2) is 0 Å². The Kier molecular flexibility index (Phi) is 6.85. The van der Waals surface area contributed by atoms with Crippen molar-refractivity contribution >= 4 is 12.1 Å². The van der Waals surface area contributed by atoms with E-state index in [9.17, 15) is 9.59 Å². The fraction of sp³-hybridized carbons (Fsp3) is 0.500. The van der Waals surface area contributed by atoms with Gasteiger partial charge in [0.05, 0.1) is 0 Å². The predicted molar refractivity (Wildman–Crippen MR) is 83.3 cm³/mol. The van der Waals surface area contributed by atoms with Crippen molar-refractivity contribution in [1.82, 2.24) is 10.6 Å². The molecule has 2 N–H and O–H groups in total. The number of esters is 1. The summed E-state index contributed by atoms with van der Waals surface area (Å²) in [5, 5.41) is 5.35. The summed E-state index contributed by atoms with van der Waals surface area (Å²) in [4.78, 5) is 23.8. The van der Waals surface area contributed by atoms with Gasteiger partial charge in [0, 0.05) is 6.54 Å². The van der Waals surface area contributed by atoms with E-state index in [1.54, 1.807) is 27.8 Å². The zero-order chi connectivity index (χ0) is 16.6. The molecule has 1 aromatic rings. The SMILES string of the molecule is CNC[C@H](NC(=O)OCc1ccccc1)C(=O)OC(C)(C)C. The van der Waals surface area contributed by atoms with E-state index in [0.29, 0.717) is 0 Å². The van der Waals surface area contributed by atoms with Crippen molar-refractivity contribution in [2.45, 2.75) is 39.0 Å². The van der Waals surface area contributed by atoms with Gasteiger partial charge in [0.1, 0.15) is 18.2 Å². The summed E-state index contributed by atoms with van der Waals surface area (Å²) in [5.41, 5.74) is 0.263. The van der Waals surface area contributed by atoms with E-state index in [0.717, 1.165) is 5.56 Å². The smallest absolute Gasteiger partial charge is 0.408 e. The number of nitrogens with one attached hydrogen (secondary N) is 2. The van der Waals surface area contributed by atoms with Crippen LogP contribution in [0, 0.1) is 0 Å². The Morgan fingerprint density at radius 3 is 2.36 bits per heavy atom. The Bertz CT molecular complexity index is 483. The van der Waals surface area contributed by atoms with Crippen LogP contribution in [0.2, 0.25) is 0 Å². The largest absolute Gasteiger partial charge is 0.458 e. The molecule has 0 saturated heterocycles. The van der Waals surface area contributed by atoms with E-state index >= 15 is 0 Å². The van der Waals surface area contributed by atoms with Crippen molar-refractivity contribution in [3.8, 4) is 0 Å². The van der Waals surface area contributed by atoms with Crippen molar-refractivity contribution in [1.29, 1.82) is 0 Å². The Hall–Kier alpha value is -2.08. The Morgan fingerprint density at radius 2 is 1.82 bits per heavy atom. The minimum Gasteiger partial charge on any atom is -0.458 e. The number of hydrogen-bond donors (Lipinski definition) is 2. The third-order valence-electron chi connectivity index (χ3n) is 2.60. The van der Waals surface area contributed by atoms with E-state index in [1.165, 1.54) is 0 Å². The van der Waals surface area contributed by atoms with Crippen LogP contribution in [-0.2, 0) is 20.9 Å². The van der Waals surface area contributed by atoms with Crippen molar-refractivity contribution in [2.24, 2.45) is 0 Å². The van der Waals surface area contributed by atoms with Crippen LogP contribution in [0.3, 0.4) is 0 Å². The molecule has 0 bridgehead atoms. The van der Waals surface area contributed by atoms with Crippen LogP contribution in [-0.4, -0.2) is 37.3 Å². The number of rotatable bonds is 6. The fourth-order valence-corrected chi connectivity index (χ4v) is 1.68. The highest BCUT2D eigenvalue weighted by atomic mass is 16.6. The second-order valence-corrected chi connectivity index (χ2v) is 5.85. The van der Waals surface area contributed by atoms with E-state index in [4.69, 9.17) is 9.47 Å². The molecular formula is C16H24N2O4. The Morgan fingerprint density at radius 1 is 1.18 bits per heavy atom. The summed E-state index contributed by atoms with van der Waals surface area (Å²) in [6.45, 7) is 5.72. The standard InChI is InChI=1S/C16H24N2O4/c1-16(2,3)22-14(19)13(10-17-4)18-15(20)21-11-12-8-6-5-7-9-12/h5-9,13,17H,10-11H2,1-4H3,(H,18,20)/t13-/m0/s1. The minimum atomic E-state index is -0.799. The molecule has 0 radical (unpaired) electrons. The molecule has 1 atom stereocenters. The van der Waals surface area contributed by atoms with Crippen LogP contribution in [0.5, 0.6) is 0 Å². The lowest BCUT2D eigenvalue weighted by Gasteiger charge is -2.24. The number of amides is 1. The third kappa shape index (κ3) is 7.08. The molecule has 0 aliphatic rings. The van der Waals surface area contributed by atoms with E-state index in [-0.39, 0.29) is 13.2 Å². The second kappa shape index (κ2) is 8.38. The molecule has 1 aromatic carbocycles. The van der Waals surface area contributed by atoms with Crippen molar-refractivity contribution in [2.75, 3.05) is 13.6 Å². The van der Waals surface area contributed by atoms with Crippen LogP contribution in [0.15, 0.2) is 30.3 Å². The first-order valence-corrected chi connectivity index (χ1v) is 7.16. The zero-order valence-electron chi connectivity index (χ0n) is 13.5. The summed E-state index contributed by atoms with van der Waals surface area (Å²) < 4.78 is 10.4. The summed E-state index contributed by atoms with van der Waals surface area (Å²) in [5.74, 6) is -0.501. The number of likely N-dealkylation sites (N-methyl/N-ethyl adjacent to an activating group) is 1. The minimum absolute atomic E-state index is 0.146. The van der Waals surface area contributed by atoms with Gasteiger partial charge < -0.3 is 20.1 Å². The third-order valence-corrected chi connectivity index (χ3v) is 2.60. The number of ether oxygens (including phenoxy) is 2.